The molecule has 3 aromatic heterocycles. The molecule has 6 heteroatoms. The third-order valence-electron chi connectivity index (χ3n) is 5.44. The maximum Gasteiger partial charge on any atom is 0.141 e. The van der Waals surface area contributed by atoms with E-state index in [9.17, 15) is 0 Å². The minimum absolute atomic E-state index is 0.567. The second-order valence-corrected chi connectivity index (χ2v) is 7.90. The topological polar surface area (TPSA) is 46.8 Å². The highest BCUT2D eigenvalue weighted by Gasteiger charge is 2.26. The molecule has 2 aliphatic rings. The van der Waals surface area contributed by atoms with Gasteiger partial charge in [-0.25, -0.2) is 15.0 Å². The summed E-state index contributed by atoms with van der Waals surface area (Å²) in [7, 11) is 0. The van der Waals surface area contributed by atoms with Crippen molar-refractivity contribution in [3.8, 4) is 0 Å². The maximum absolute atomic E-state index is 4.70. The van der Waals surface area contributed by atoms with Crippen LogP contribution in [0.25, 0.3) is 10.2 Å². The van der Waals surface area contributed by atoms with Gasteiger partial charge in [-0.15, -0.1) is 11.3 Å². The van der Waals surface area contributed by atoms with Crippen LogP contribution < -0.4 is 4.90 Å². The van der Waals surface area contributed by atoms with Crippen LogP contribution in [-0.2, 0) is 12.8 Å². The van der Waals surface area contributed by atoms with Gasteiger partial charge in [0, 0.05) is 36.4 Å². The lowest BCUT2D eigenvalue weighted by Gasteiger charge is -2.33. The van der Waals surface area contributed by atoms with Gasteiger partial charge in [-0.3, -0.25) is 0 Å². The molecular weight excluding hydrogens is 318 g/mol. The Kier molecular flexibility index (Phi) is 3.51. The normalized spacial score (nSPS) is 18.9. The molecule has 0 saturated carbocycles. The van der Waals surface area contributed by atoms with Crippen molar-refractivity contribution in [3.63, 3.8) is 0 Å². The molecule has 0 radical (unpaired) electrons. The van der Waals surface area contributed by atoms with Crippen molar-refractivity contribution < 1.29 is 0 Å². The Labute approximate surface area is 145 Å². The number of rotatable bonds is 2. The van der Waals surface area contributed by atoms with Gasteiger partial charge in [-0.1, -0.05) is 0 Å². The molecule has 24 heavy (non-hydrogen) atoms. The van der Waals surface area contributed by atoms with Crippen molar-refractivity contribution in [2.24, 2.45) is 0 Å². The molecule has 1 aliphatic carbocycles. The highest BCUT2D eigenvalue weighted by atomic mass is 32.1. The van der Waals surface area contributed by atoms with Crippen molar-refractivity contribution in [1.29, 1.82) is 0 Å². The van der Waals surface area contributed by atoms with E-state index in [4.69, 9.17) is 4.98 Å². The van der Waals surface area contributed by atoms with Gasteiger partial charge in [0.15, 0.2) is 0 Å². The van der Waals surface area contributed by atoms with Gasteiger partial charge in [-0.2, -0.15) is 0 Å². The molecule has 1 aliphatic heterocycles. The van der Waals surface area contributed by atoms with Crippen molar-refractivity contribution in [3.05, 3.63) is 35.5 Å². The van der Waals surface area contributed by atoms with Crippen LogP contribution in [0, 0.1) is 0 Å². The van der Waals surface area contributed by atoms with Crippen LogP contribution in [0.3, 0.4) is 0 Å². The molecule has 1 saturated heterocycles. The average molecular weight is 339 g/mol. The van der Waals surface area contributed by atoms with Crippen molar-refractivity contribution >= 4 is 27.4 Å². The van der Waals surface area contributed by atoms with E-state index in [0.717, 1.165) is 25.9 Å². The maximum atomic E-state index is 4.70. The highest BCUT2D eigenvalue weighted by molar-refractivity contribution is 7.19. The average Bonchev–Trinajstić information content (AvgIpc) is 3.29. The zero-order valence-electron chi connectivity index (χ0n) is 13.7. The van der Waals surface area contributed by atoms with Crippen LogP contribution in [0.2, 0.25) is 0 Å². The van der Waals surface area contributed by atoms with Gasteiger partial charge in [0.2, 0.25) is 0 Å². The lowest BCUT2D eigenvalue weighted by Crippen LogP contribution is -2.35. The first-order chi connectivity index (χ1) is 11.9. The number of anilines is 1. The summed E-state index contributed by atoms with van der Waals surface area (Å²) in [5, 5.41) is 1.35. The number of piperidine rings is 1. The number of fused-ring (bicyclic) bond motifs is 3. The van der Waals surface area contributed by atoms with Gasteiger partial charge in [-0.05, 0) is 44.1 Å². The highest BCUT2D eigenvalue weighted by Crippen LogP contribution is 2.40. The molecule has 0 N–H and O–H groups in total. The van der Waals surface area contributed by atoms with Crippen molar-refractivity contribution in [2.45, 2.75) is 44.6 Å². The summed E-state index contributed by atoms with van der Waals surface area (Å²) in [6.07, 6.45) is 15.0. The Hall–Kier alpha value is -1.95. The molecule has 0 spiro atoms. The molecule has 0 unspecified atom stereocenters. The molecular formula is C18H21N5S. The fourth-order valence-corrected chi connectivity index (χ4v) is 5.40. The van der Waals surface area contributed by atoms with Crippen LogP contribution in [0.15, 0.2) is 25.0 Å². The number of aromatic nitrogens is 4. The fraction of sp³-hybridized carbons (Fsp3) is 0.500. The molecule has 3 aromatic rings. The smallest absolute Gasteiger partial charge is 0.141 e. The second-order valence-electron chi connectivity index (χ2n) is 6.82. The van der Waals surface area contributed by atoms with Crippen LogP contribution in [0.4, 0.5) is 5.82 Å². The summed E-state index contributed by atoms with van der Waals surface area (Å²) in [5.74, 6) is 1.17. The van der Waals surface area contributed by atoms with E-state index in [1.807, 2.05) is 23.9 Å². The van der Waals surface area contributed by atoms with Crippen LogP contribution in [0.5, 0.6) is 0 Å². The van der Waals surface area contributed by atoms with E-state index < -0.39 is 0 Å². The van der Waals surface area contributed by atoms with E-state index in [1.165, 1.54) is 47.3 Å². The van der Waals surface area contributed by atoms with Crippen molar-refractivity contribution in [2.75, 3.05) is 18.0 Å². The predicted molar refractivity (Wildman–Crippen MR) is 96.8 cm³/mol. The van der Waals surface area contributed by atoms with E-state index in [2.05, 4.69) is 25.6 Å². The fourth-order valence-electron chi connectivity index (χ4n) is 4.17. The summed E-state index contributed by atoms with van der Waals surface area (Å²) >= 11 is 1.89. The Balaban J connectivity index is 1.46. The molecule has 0 amide bonds. The summed E-state index contributed by atoms with van der Waals surface area (Å²) in [6.45, 7) is 2.11. The lowest BCUT2D eigenvalue weighted by molar-refractivity contribution is 0.395. The molecule has 4 heterocycles. The first-order valence-electron chi connectivity index (χ1n) is 8.88. The minimum Gasteiger partial charge on any atom is -0.356 e. The molecule has 5 nitrogen and oxygen atoms in total. The lowest BCUT2D eigenvalue weighted by atomic mass is 9.96. The zero-order valence-corrected chi connectivity index (χ0v) is 14.5. The third kappa shape index (κ3) is 2.32. The molecule has 1 fully saturated rings. The largest absolute Gasteiger partial charge is 0.356 e. The Bertz CT molecular complexity index is 846. The Morgan fingerprint density at radius 1 is 1.08 bits per heavy atom. The monoisotopic (exact) mass is 339 g/mol. The number of thiophene rings is 1. The van der Waals surface area contributed by atoms with Gasteiger partial charge < -0.3 is 9.47 Å². The van der Waals surface area contributed by atoms with Gasteiger partial charge in [0.1, 0.15) is 17.0 Å². The van der Waals surface area contributed by atoms with Crippen LogP contribution in [-0.4, -0.2) is 32.6 Å². The number of hydrogen-bond acceptors (Lipinski definition) is 5. The minimum atomic E-state index is 0.567. The molecule has 0 aromatic carbocycles. The van der Waals surface area contributed by atoms with E-state index >= 15 is 0 Å². The van der Waals surface area contributed by atoms with Crippen LogP contribution >= 0.6 is 11.3 Å². The van der Waals surface area contributed by atoms with Gasteiger partial charge in [0.05, 0.1) is 11.7 Å². The first kappa shape index (κ1) is 14.4. The summed E-state index contributed by atoms with van der Waals surface area (Å²) < 4.78 is 2.25. The molecule has 124 valence electrons. The SMILES string of the molecule is c1cn(C2CCN(c3ncnc4sc5c(c34)CCCC5)CC2)cn1. The number of nitrogens with zero attached hydrogens (tertiary/aromatic N) is 5. The number of hydrogen-bond donors (Lipinski definition) is 0. The van der Waals surface area contributed by atoms with Gasteiger partial charge >= 0.3 is 0 Å². The number of imidazole rings is 1. The summed E-state index contributed by atoms with van der Waals surface area (Å²) in [4.78, 5) is 18.7. The standard InChI is InChI=1S/C18H21N5S/c1-2-4-15-14(3-1)16-17(20-11-21-18(16)24-15)22-8-5-13(6-9-22)23-10-7-19-12-23/h7,10-13H,1-6,8-9H2. The van der Waals surface area contributed by atoms with E-state index in [1.54, 1.807) is 11.2 Å². The van der Waals surface area contributed by atoms with Crippen molar-refractivity contribution in [1.82, 2.24) is 19.5 Å². The first-order valence-corrected chi connectivity index (χ1v) is 9.69. The molecule has 0 bridgehead atoms. The Morgan fingerprint density at radius 2 is 1.96 bits per heavy atom. The molecule has 0 atom stereocenters. The third-order valence-corrected chi connectivity index (χ3v) is 6.64. The number of aryl methyl sites for hydroxylation is 2. The predicted octanol–water partition coefficient (Wildman–Crippen LogP) is 3.61. The van der Waals surface area contributed by atoms with Crippen LogP contribution in [0.1, 0.15) is 42.2 Å². The summed E-state index contributed by atoms with van der Waals surface area (Å²) in [5.41, 5.74) is 1.54. The second kappa shape index (κ2) is 5.84. The van der Waals surface area contributed by atoms with E-state index in [-0.39, 0.29) is 0 Å². The summed E-state index contributed by atoms with van der Waals surface area (Å²) in [6, 6.07) is 0.567. The zero-order chi connectivity index (χ0) is 15.9. The Morgan fingerprint density at radius 3 is 2.79 bits per heavy atom. The molecule has 5 rings (SSSR count). The quantitative estimate of drug-likeness (QED) is 0.715. The van der Waals surface area contributed by atoms with Gasteiger partial charge in [0.25, 0.3) is 0 Å². The van der Waals surface area contributed by atoms with E-state index in [0.29, 0.717) is 6.04 Å².